The average molecular weight is 107 g/mol. The third kappa shape index (κ3) is 3.49. The highest BCUT2D eigenvalue weighted by atomic mass is 13.9. The first kappa shape index (κ1) is 7.30. The van der Waals surface area contributed by atoms with E-state index in [1.807, 2.05) is 13.8 Å². The highest BCUT2D eigenvalue weighted by molar-refractivity contribution is 5.07. The number of hydrogen-bond donors (Lipinski definition) is 0. The van der Waals surface area contributed by atoms with Crippen LogP contribution in [0.3, 0.4) is 0 Å². The predicted molar refractivity (Wildman–Crippen MR) is 36.2 cm³/mol. The van der Waals surface area contributed by atoms with Gasteiger partial charge in [0.1, 0.15) is 0 Å². The van der Waals surface area contributed by atoms with E-state index in [9.17, 15) is 0 Å². The number of allylic oxidation sites excluding steroid dienone is 1. The number of hydrogen-bond acceptors (Lipinski definition) is 0. The maximum atomic E-state index is 5.47. The summed E-state index contributed by atoms with van der Waals surface area (Å²) in [4.78, 5) is 0. The molecular formula is C8H11. The van der Waals surface area contributed by atoms with E-state index >= 15 is 0 Å². The van der Waals surface area contributed by atoms with Crippen LogP contribution in [0.4, 0.5) is 0 Å². The van der Waals surface area contributed by atoms with Gasteiger partial charge in [-0.25, -0.2) is 0 Å². The van der Waals surface area contributed by atoms with Crippen LogP contribution in [0, 0.1) is 18.4 Å². The maximum Gasteiger partial charge on any atom is 0.0302 e. The molecule has 0 unspecified atom stereocenters. The van der Waals surface area contributed by atoms with E-state index in [1.165, 1.54) is 0 Å². The topological polar surface area (TPSA) is 0 Å². The summed E-state index contributed by atoms with van der Waals surface area (Å²) in [6.45, 7) is 9.33. The van der Waals surface area contributed by atoms with Crippen LogP contribution >= 0.6 is 0 Å². The molecular weight excluding hydrogens is 96.1 g/mol. The van der Waals surface area contributed by atoms with Gasteiger partial charge in [0, 0.05) is 6.42 Å². The zero-order valence-corrected chi connectivity index (χ0v) is 5.49. The summed E-state index contributed by atoms with van der Waals surface area (Å²) in [5.41, 5.74) is 0.972. The van der Waals surface area contributed by atoms with Gasteiger partial charge in [-0.3, -0.25) is 0 Å². The molecule has 0 bridgehead atoms. The van der Waals surface area contributed by atoms with E-state index in [4.69, 9.17) is 6.58 Å². The van der Waals surface area contributed by atoms with Crippen molar-refractivity contribution in [3.63, 3.8) is 0 Å². The Morgan fingerprint density at radius 3 is 2.62 bits per heavy atom. The van der Waals surface area contributed by atoms with Crippen molar-refractivity contribution >= 4 is 0 Å². The Hall–Kier alpha value is -0.700. The van der Waals surface area contributed by atoms with Gasteiger partial charge in [-0.2, -0.15) is 0 Å². The minimum absolute atomic E-state index is 0.757. The van der Waals surface area contributed by atoms with Crippen LogP contribution in [0.1, 0.15) is 26.7 Å². The Balaban J connectivity index is 3.35. The molecule has 0 heteroatoms. The largest absolute Gasteiger partial charge is 0.106 e. The van der Waals surface area contributed by atoms with Gasteiger partial charge in [0.25, 0.3) is 0 Å². The highest BCUT2D eigenvalue weighted by Gasteiger charge is 1.82. The Labute approximate surface area is 51.6 Å². The predicted octanol–water partition coefficient (Wildman–Crippen LogP) is 2.17. The first-order valence-corrected chi connectivity index (χ1v) is 2.81. The molecule has 0 aromatic rings. The van der Waals surface area contributed by atoms with E-state index in [-0.39, 0.29) is 0 Å². The Morgan fingerprint density at radius 2 is 2.25 bits per heavy atom. The molecule has 0 saturated heterocycles. The molecule has 0 rings (SSSR count). The standard InChI is InChI=1S/C8H11/c1-4-6-7-8(3)5-2/h3H,5,7H2,1-2H3. The minimum atomic E-state index is 0.757. The second kappa shape index (κ2) is 4.46. The zero-order valence-electron chi connectivity index (χ0n) is 5.49. The van der Waals surface area contributed by atoms with E-state index in [2.05, 4.69) is 11.8 Å². The SMILES string of the molecule is [CH]=C(CC)CC#CC. The van der Waals surface area contributed by atoms with Crippen LogP contribution in [0.25, 0.3) is 0 Å². The van der Waals surface area contributed by atoms with Gasteiger partial charge in [0.2, 0.25) is 0 Å². The Kier molecular flexibility index (Phi) is 4.07. The molecule has 0 atom stereocenters. The van der Waals surface area contributed by atoms with Crippen molar-refractivity contribution in [2.45, 2.75) is 26.7 Å². The monoisotopic (exact) mass is 107 g/mol. The Bertz CT molecular complexity index is 121. The second-order valence-corrected chi connectivity index (χ2v) is 1.62. The molecule has 0 saturated carbocycles. The van der Waals surface area contributed by atoms with E-state index in [0.29, 0.717) is 0 Å². The summed E-state index contributed by atoms with van der Waals surface area (Å²) in [5.74, 6) is 5.67. The van der Waals surface area contributed by atoms with E-state index in [1.54, 1.807) is 0 Å². The lowest BCUT2D eigenvalue weighted by molar-refractivity contribution is 1.05. The van der Waals surface area contributed by atoms with Crippen LogP contribution in [0.15, 0.2) is 5.57 Å². The summed E-state index contributed by atoms with van der Waals surface area (Å²) in [6.07, 6.45) is 1.70. The molecule has 0 heterocycles. The lowest BCUT2D eigenvalue weighted by Crippen LogP contribution is -1.72. The van der Waals surface area contributed by atoms with Crippen molar-refractivity contribution in [1.29, 1.82) is 0 Å². The summed E-state index contributed by atoms with van der Waals surface area (Å²) in [7, 11) is 0. The van der Waals surface area contributed by atoms with Crippen molar-refractivity contribution in [3.05, 3.63) is 12.2 Å². The van der Waals surface area contributed by atoms with Crippen molar-refractivity contribution < 1.29 is 0 Å². The molecule has 0 aliphatic heterocycles. The van der Waals surface area contributed by atoms with Gasteiger partial charge in [-0.1, -0.05) is 25.0 Å². The maximum absolute atomic E-state index is 5.47. The minimum Gasteiger partial charge on any atom is -0.106 e. The third-order valence-electron chi connectivity index (χ3n) is 0.946. The smallest absolute Gasteiger partial charge is 0.0302 e. The third-order valence-corrected chi connectivity index (χ3v) is 0.946. The fraction of sp³-hybridized carbons (Fsp3) is 0.500. The summed E-state index contributed by atoms with van der Waals surface area (Å²) in [5, 5.41) is 0. The first-order chi connectivity index (χ1) is 3.81. The first-order valence-electron chi connectivity index (χ1n) is 2.81. The number of rotatable bonds is 2. The lowest BCUT2D eigenvalue weighted by Gasteiger charge is -1.89. The molecule has 0 fully saturated rings. The van der Waals surface area contributed by atoms with Crippen LogP contribution in [0.2, 0.25) is 0 Å². The van der Waals surface area contributed by atoms with Crippen LogP contribution in [-0.4, -0.2) is 0 Å². The van der Waals surface area contributed by atoms with Gasteiger partial charge < -0.3 is 0 Å². The summed E-state index contributed by atoms with van der Waals surface area (Å²) < 4.78 is 0. The van der Waals surface area contributed by atoms with Crippen LogP contribution < -0.4 is 0 Å². The highest BCUT2D eigenvalue weighted by Crippen LogP contribution is 1.98. The van der Waals surface area contributed by atoms with Gasteiger partial charge >= 0.3 is 0 Å². The zero-order chi connectivity index (χ0) is 6.41. The summed E-state index contributed by atoms with van der Waals surface area (Å²) >= 11 is 0. The van der Waals surface area contributed by atoms with Crippen molar-refractivity contribution in [1.82, 2.24) is 0 Å². The average Bonchev–Trinajstić information content (AvgIpc) is 1.83. The van der Waals surface area contributed by atoms with Gasteiger partial charge in [-0.05, 0) is 13.3 Å². The fourth-order valence-electron chi connectivity index (χ4n) is 0.327. The van der Waals surface area contributed by atoms with Crippen molar-refractivity contribution in [2.75, 3.05) is 0 Å². The molecule has 0 amide bonds. The molecule has 0 nitrogen and oxygen atoms in total. The Morgan fingerprint density at radius 1 is 1.62 bits per heavy atom. The van der Waals surface area contributed by atoms with Gasteiger partial charge in [0.15, 0.2) is 0 Å². The quantitative estimate of drug-likeness (QED) is 0.474. The lowest BCUT2D eigenvalue weighted by atomic mass is 10.2. The van der Waals surface area contributed by atoms with Crippen molar-refractivity contribution in [2.24, 2.45) is 0 Å². The van der Waals surface area contributed by atoms with E-state index < -0.39 is 0 Å². The second-order valence-electron chi connectivity index (χ2n) is 1.62. The van der Waals surface area contributed by atoms with E-state index in [0.717, 1.165) is 18.4 Å². The van der Waals surface area contributed by atoms with Gasteiger partial charge in [0.05, 0.1) is 0 Å². The molecule has 0 aliphatic rings. The molecule has 43 valence electrons. The van der Waals surface area contributed by atoms with Crippen molar-refractivity contribution in [3.8, 4) is 11.8 Å². The molecule has 0 spiro atoms. The van der Waals surface area contributed by atoms with Crippen LogP contribution in [-0.2, 0) is 0 Å². The molecule has 0 aromatic heterocycles. The normalized spacial score (nSPS) is 7.25. The molecule has 0 aliphatic carbocycles. The fourth-order valence-corrected chi connectivity index (χ4v) is 0.327. The van der Waals surface area contributed by atoms with Crippen LogP contribution in [0.5, 0.6) is 0 Å². The summed E-state index contributed by atoms with van der Waals surface area (Å²) in [6, 6.07) is 0. The van der Waals surface area contributed by atoms with Gasteiger partial charge in [-0.15, -0.1) is 5.92 Å². The molecule has 8 heavy (non-hydrogen) atoms. The molecule has 0 aromatic carbocycles. The molecule has 0 N–H and O–H groups in total. The molecule has 1 radical (unpaired) electrons.